The van der Waals surface area contributed by atoms with Crippen LogP contribution in [-0.4, -0.2) is 37.6 Å². The Balaban J connectivity index is 2.00. The Bertz CT molecular complexity index is 130. The van der Waals surface area contributed by atoms with Gasteiger partial charge in [0, 0.05) is 26.2 Å². The second-order valence-corrected chi connectivity index (χ2v) is 4.63. The largest absolute Gasteiger partial charge is 0.314 e. The molecule has 1 N–H and O–H groups in total. The number of hydrogen-bond acceptors (Lipinski definition) is 2. The molecular weight excluding hydrogens is 172 g/mol. The van der Waals surface area contributed by atoms with E-state index in [0.717, 1.165) is 5.92 Å². The van der Waals surface area contributed by atoms with Crippen molar-refractivity contribution in [1.82, 2.24) is 10.2 Å². The molecule has 1 aliphatic heterocycles. The summed E-state index contributed by atoms with van der Waals surface area (Å²) in [5.41, 5.74) is 0. The maximum atomic E-state index is 3.39. The third-order valence-corrected chi connectivity index (χ3v) is 3.20. The molecule has 0 spiro atoms. The van der Waals surface area contributed by atoms with E-state index in [4.69, 9.17) is 0 Å². The van der Waals surface area contributed by atoms with Gasteiger partial charge in [-0.05, 0) is 18.9 Å². The molecule has 2 heteroatoms. The van der Waals surface area contributed by atoms with Crippen molar-refractivity contribution in [2.75, 3.05) is 32.7 Å². The van der Waals surface area contributed by atoms with E-state index >= 15 is 0 Å². The molecule has 1 heterocycles. The Morgan fingerprint density at radius 1 is 1.21 bits per heavy atom. The van der Waals surface area contributed by atoms with Gasteiger partial charge in [-0.1, -0.05) is 33.1 Å². The molecule has 1 fully saturated rings. The highest BCUT2D eigenvalue weighted by atomic mass is 15.2. The summed E-state index contributed by atoms with van der Waals surface area (Å²) in [4.78, 5) is 2.60. The van der Waals surface area contributed by atoms with E-state index < -0.39 is 0 Å². The van der Waals surface area contributed by atoms with Crippen LogP contribution in [0, 0.1) is 5.92 Å². The van der Waals surface area contributed by atoms with Crippen LogP contribution in [0.5, 0.6) is 0 Å². The van der Waals surface area contributed by atoms with Gasteiger partial charge in [0.25, 0.3) is 0 Å². The monoisotopic (exact) mass is 198 g/mol. The molecule has 0 aromatic carbocycles. The molecule has 1 unspecified atom stereocenters. The van der Waals surface area contributed by atoms with E-state index in [9.17, 15) is 0 Å². The molecular formula is C12H26N2. The highest BCUT2D eigenvalue weighted by Crippen LogP contribution is 2.12. The third kappa shape index (κ3) is 4.97. The lowest BCUT2D eigenvalue weighted by Crippen LogP contribution is -2.44. The standard InChI is InChI=1S/C12H26N2/c1-3-4-5-12(2)6-9-14-10-7-13-8-11-14/h12-13H,3-11H2,1-2H3. The molecule has 2 nitrogen and oxygen atoms in total. The Kier molecular flexibility index (Phi) is 6.20. The molecule has 1 atom stereocenters. The molecule has 1 saturated heterocycles. The molecule has 0 bridgehead atoms. The van der Waals surface area contributed by atoms with Crippen LogP contribution in [0.4, 0.5) is 0 Å². The number of hydrogen-bond donors (Lipinski definition) is 1. The minimum Gasteiger partial charge on any atom is -0.314 e. The van der Waals surface area contributed by atoms with Crippen molar-refractivity contribution >= 4 is 0 Å². The smallest absolute Gasteiger partial charge is 0.0107 e. The second kappa shape index (κ2) is 7.24. The van der Waals surface area contributed by atoms with Crippen LogP contribution in [0.25, 0.3) is 0 Å². The molecule has 0 amide bonds. The van der Waals surface area contributed by atoms with Crippen LogP contribution in [0.1, 0.15) is 39.5 Å². The van der Waals surface area contributed by atoms with Gasteiger partial charge in [-0.2, -0.15) is 0 Å². The van der Waals surface area contributed by atoms with Gasteiger partial charge in [-0.15, -0.1) is 0 Å². The van der Waals surface area contributed by atoms with Gasteiger partial charge in [-0.25, -0.2) is 0 Å². The molecule has 0 aromatic rings. The van der Waals surface area contributed by atoms with Gasteiger partial charge < -0.3 is 10.2 Å². The number of nitrogens with zero attached hydrogens (tertiary/aromatic N) is 1. The molecule has 1 aliphatic rings. The van der Waals surface area contributed by atoms with Gasteiger partial charge in [0.15, 0.2) is 0 Å². The first-order chi connectivity index (χ1) is 6.83. The van der Waals surface area contributed by atoms with Crippen LogP contribution >= 0.6 is 0 Å². The van der Waals surface area contributed by atoms with Crippen LogP contribution in [-0.2, 0) is 0 Å². The maximum Gasteiger partial charge on any atom is 0.0107 e. The molecule has 1 rings (SSSR count). The van der Waals surface area contributed by atoms with Gasteiger partial charge in [-0.3, -0.25) is 0 Å². The van der Waals surface area contributed by atoms with Gasteiger partial charge >= 0.3 is 0 Å². The summed E-state index contributed by atoms with van der Waals surface area (Å²) >= 11 is 0. The SMILES string of the molecule is CCCCC(C)CCN1CCNCC1. The molecule has 0 aromatic heterocycles. The molecule has 0 saturated carbocycles. The zero-order valence-corrected chi connectivity index (χ0v) is 9.89. The lowest BCUT2D eigenvalue weighted by molar-refractivity contribution is 0.223. The van der Waals surface area contributed by atoms with Crippen LogP contribution in [0.15, 0.2) is 0 Å². The minimum atomic E-state index is 0.921. The fourth-order valence-corrected chi connectivity index (χ4v) is 2.03. The van der Waals surface area contributed by atoms with Crippen molar-refractivity contribution in [1.29, 1.82) is 0 Å². The van der Waals surface area contributed by atoms with Gasteiger partial charge in [0.05, 0.1) is 0 Å². The summed E-state index contributed by atoms with van der Waals surface area (Å²) in [5.74, 6) is 0.921. The van der Waals surface area contributed by atoms with E-state index in [-0.39, 0.29) is 0 Å². The minimum absolute atomic E-state index is 0.921. The average Bonchev–Trinajstić information content (AvgIpc) is 2.25. The molecule has 84 valence electrons. The first kappa shape index (κ1) is 12.0. The summed E-state index contributed by atoms with van der Waals surface area (Å²) in [6.07, 6.45) is 5.56. The van der Waals surface area contributed by atoms with Crippen molar-refractivity contribution in [3.63, 3.8) is 0 Å². The second-order valence-electron chi connectivity index (χ2n) is 4.63. The summed E-state index contributed by atoms with van der Waals surface area (Å²) in [7, 11) is 0. The summed E-state index contributed by atoms with van der Waals surface area (Å²) < 4.78 is 0. The first-order valence-electron chi connectivity index (χ1n) is 6.26. The fraction of sp³-hybridized carbons (Fsp3) is 1.00. The molecule has 0 radical (unpaired) electrons. The Hall–Kier alpha value is -0.0800. The van der Waals surface area contributed by atoms with E-state index in [1.807, 2.05) is 0 Å². The topological polar surface area (TPSA) is 15.3 Å². The third-order valence-electron chi connectivity index (χ3n) is 3.20. The van der Waals surface area contributed by atoms with Gasteiger partial charge in [0.2, 0.25) is 0 Å². The van der Waals surface area contributed by atoms with E-state index in [1.54, 1.807) is 0 Å². The van der Waals surface area contributed by atoms with E-state index in [1.165, 1.54) is 58.4 Å². The first-order valence-corrected chi connectivity index (χ1v) is 6.26. The van der Waals surface area contributed by atoms with Crippen molar-refractivity contribution < 1.29 is 0 Å². The highest BCUT2D eigenvalue weighted by Gasteiger charge is 2.10. The summed E-state index contributed by atoms with van der Waals surface area (Å²) in [5, 5.41) is 3.39. The average molecular weight is 198 g/mol. The predicted octanol–water partition coefficient (Wildman–Crippen LogP) is 2.11. The predicted molar refractivity (Wildman–Crippen MR) is 62.6 cm³/mol. The lowest BCUT2D eigenvalue weighted by atomic mass is 10.0. The van der Waals surface area contributed by atoms with E-state index in [0.29, 0.717) is 0 Å². The van der Waals surface area contributed by atoms with Crippen LogP contribution in [0.2, 0.25) is 0 Å². The van der Waals surface area contributed by atoms with Crippen molar-refractivity contribution in [3.05, 3.63) is 0 Å². The Labute approximate surface area is 89.1 Å². The number of piperazine rings is 1. The fourth-order valence-electron chi connectivity index (χ4n) is 2.03. The van der Waals surface area contributed by atoms with Crippen molar-refractivity contribution in [3.8, 4) is 0 Å². The van der Waals surface area contributed by atoms with Crippen LogP contribution < -0.4 is 5.32 Å². The molecule has 14 heavy (non-hydrogen) atoms. The highest BCUT2D eigenvalue weighted by molar-refractivity contribution is 4.68. The summed E-state index contributed by atoms with van der Waals surface area (Å²) in [6, 6.07) is 0. The zero-order valence-electron chi connectivity index (χ0n) is 9.89. The Morgan fingerprint density at radius 3 is 2.57 bits per heavy atom. The Morgan fingerprint density at radius 2 is 1.93 bits per heavy atom. The van der Waals surface area contributed by atoms with Gasteiger partial charge in [0.1, 0.15) is 0 Å². The maximum absolute atomic E-state index is 3.39. The van der Waals surface area contributed by atoms with Crippen LogP contribution in [0.3, 0.4) is 0 Å². The van der Waals surface area contributed by atoms with E-state index in [2.05, 4.69) is 24.1 Å². The lowest BCUT2D eigenvalue weighted by Gasteiger charge is -2.28. The number of rotatable bonds is 6. The normalized spacial score (nSPS) is 21.0. The van der Waals surface area contributed by atoms with Crippen molar-refractivity contribution in [2.45, 2.75) is 39.5 Å². The molecule has 0 aliphatic carbocycles. The quantitative estimate of drug-likeness (QED) is 0.703. The number of nitrogens with one attached hydrogen (secondary N) is 1. The summed E-state index contributed by atoms with van der Waals surface area (Å²) in [6.45, 7) is 10.9. The zero-order chi connectivity index (χ0) is 10.2. The number of unbranched alkanes of at least 4 members (excludes halogenated alkanes) is 1. The van der Waals surface area contributed by atoms with Crippen molar-refractivity contribution in [2.24, 2.45) is 5.92 Å².